The number of nitrogens with one attached hydrogen (secondary N) is 1. The van der Waals surface area contributed by atoms with Crippen LogP contribution in [0.3, 0.4) is 0 Å². The van der Waals surface area contributed by atoms with E-state index in [0.717, 1.165) is 15.4 Å². The molecule has 3 aromatic rings. The Hall–Kier alpha value is -4.25. The van der Waals surface area contributed by atoms with E-state index < -0.39 is 22.5 Å². The zero-order valence-electron chi connectivity index (χ0n) is 21.2. The van der Waals surface area contributed by atoms with E-state index in [0.29, 0.717) is 11.5 Å². The Labute approximate surface area is 216 Å². The highest BCUT2D eigenvalue weighted by Crippen LogP contribution is 2.37. The molecule has 0 aliphatic rings. The van der Waals surface area contributed by atoms with Gasteiger partial charge in [-0.15, -0.1) is 0 Å². The zero-order chi connectivity index (χ0) is 27.0. The topological polar surface area (TPSA) is 116 Å². The Bertz CT molecular complexity index is 1370. The Kier molecular flexibility index (Phi) is 8.96. The molecule has 0 atom stereocenters. The summed E-state index contributed by atoms with van der Waals surface area (Å²) in [4.78, 5) is 12.8. The van der Waals surface area contributed by atoms with Gasteiger partial charge < -0.3 is 18.9 Å². The van der Waals surface area contributed by atoms with Gasteiger partial charge >= 0.3 is 0 Å². The SMILES string of the molecule is COc1ccc(OC)c(N(CC(=O)N/N=C\c2ccc(C)cc2)S(=O)(=O)c2ccc(OC)c(OC)c2)c1. The molecule has 0 saturated carbocycles. The minimum atomic E-state index is -4.30. The van der Waals surface area contributed by atoms with E-state index >= 15 is 0 Å². The summed E-state index contributed by atoms with van der Waals surface area (Å²) in [6, 6.07) is 16.3. The number of sulfonamides is 1. The summed E-state index contributed by atoms with van der Waals surface area (Å²) in [5, 5.41) is 3.96. The molecule has 1 amide bonds. The van der Waals surface area contributed by atoms with Crippen LogP contribution in [0, 0.1) is 6.92 Å². The third-order valence-corrected chi connectivity index (χ3v) is 7.12. The van der Waals surface area contributed by atoms with Crippen LogP contribution in [-0.4, -0.2) is 55.5 Å². The summed E-state index contributed by atoms with van der Waals surface area (Å²) in [5.41, 5.74) is 4.35. The van der Waals surface area contributed by atoms with Crippen molar-refractivity contribution in [3.63, 3.8) is 0 Å². The van der Waals surface area contributed by atoms with Gasteiger partial charge in [-0.2, -0.15) is 5.10 Å². The lowest BCUT2D eigenvalue weighted by Crippen LogP contribution is -2.39. The van der Waals surface area contributed by atoms with Crippen molar-refractivity contribution in [3.05, 3.63) is 71.8 Å². The van der Waals surface area contributed by atoms with Crippen LogP contribution in [-0.2, 0) is 14.8 Å². The molecule has 0 saturated heterocycles. The number of carbonyl (C=O) groups excluding carboxylic acids is 1. The minimum Gasteiger partial charge on any atom is -0.497 e. The molecule has 0 spiro atoms. The fourth-order valence-electron chi connectivity index (χ4n) is 3.39. The van der Waals surface area contributed by atoms with Crippen molar-refractivity contribution in [1.82, 2.24) is 5.43 Å². The van der Waals surface area contributed by atoms with Gasteiger partial charge in [-0.05, 0) is 36.8 Å². The summed E-state index contributed by atoms with van der Waals surface area (Å²) < 4.78 is 49.8. The van der Waals surface area contributed by atoms with Crippen LogP contribution >= 0.6 is 0 Å². The molecule has 37 heavy (non-hydrogen) atoms. The smallest absolute Gasteiger partial charge is 0.265 e. The number of carbonyl (C=O) groups is 1. The Balaban J connectivity index is 2.00. The number of nitrogens with zero attached hydrogens (tertiary/aromatic N) is 2. The number of hydrogen-bond acceptors (Lipinski definition) is 8. The van der Waals surface area contributed by atoms with Gasteiger partial charge in [0, 0.05) is 12.1 Å². The van der Waals surface area contributed by atoms with Crippen molar-refractivity contribution in [3.8, 4) is 23.0 Å². The third-order valence-electron chi connectivity index (χ3n) is 5.37. The number of amides is 1. The summed E-state index contributed by atoms with van der Waals surface area (Å²) in [5.74, 6) is 0.502. The Morgan fingerprint density at radius 3 is 2.14 bits per heavy atom. The van der Waals surface area contributed by atoms with Gasteiger partial charge in [-0.25, -0.2) is 13.8 Å². The number of ether oxygens (including phenoxy) is 4. The van der Waals surface area contributed by atoms with Gasteiger partial charge in [0.2, 0.25) is 0 Å². The van der Waals surface area contributed by atoms with Crippen molar-refractivity contribution in [2.75, 3.05) is 39.3 Å². The molecule has 3 rings (SSSR count). The molecule has 0 radical (unpaired) electrons. The summed E-state index contributed by atoms with van der Waals surface area (Å²) >= 11 is 0. The number of methoxy groups -OCH3 is 4. The number of anilines is 1. The quantitative estimate of drug-likeness (QED) is 0.300. The highest BCUT2D eigenvalue weighted by atomic mass is 32.2. The molecule has 0 bridgehead atoms. The van der Waals surface area contributed by atoms with E-state index in [1.165, 1.54) is 58.9 Å². The molecule has 1 N–H and O–H groups in total. The second kappa shape index (κ2) is 12.1. The molecule has 0 aliphatic carbocycles. The largest absolute Gasteiger partial charge is 0.497 e. The van der Waals surface area contributed by atoms with Crippen LogP contribution in [0.2, 0.25) is 0 Å². The second-order valence-electron chi connectivity index (χ2n) is 7.77. The van der Waals surface area contributed by atoms with Crippen molar-refractivity contribution in [2.45, 2.75) is 11.8 Å². The van der Waals surface area contributed by atoms with Crippen LogP contribution in [0.5, 0.6) is 23.0 Å². The van der Waals surface area contributed by atoms with Crippen LogP contribution in [0.15, 0.2) is 70.7 Å². The van der Waals surface area contributed by atoms with Gasteiger partial charge in [-0.1, -0.05) is 29.8 Å². The van der Waals surface area contributed by atoms with Crippen LogP contribution in [0.1, 0.15) is 11.1 Å². The van der Waals surface area contributed by atoms with Gasteiger partial charge in [0.05, 0.1) is 45.2 Å². The number of hydrogen-bond donors (Lipinski definition) is 1. The number of rotatable bonds is 11. The molecule has 0 aromatic heterocycles. The fraction of sp³-hybridized carbons (Fsp3) is 0.231. The molecule has 0 heterocycles. The highest BCUT2D eigenvalue weighted by molar-refractivity contribution is 7.92. The fourth-order valence-corrected chi connectivity index (χ4v) is 4.83. The maximum absolute atomic E-state index is 13.8. The van der Waals surface area contributed by atoms with Crippen molar-refractivity contribution < 1.29 is 32.2 Å². The van der Waals surface area contributed by atoms with E-state index in [1.54, 1.807) is 12.1 Å². The Morgan fingerprint density at radius 2 is 1.51 bits per heavy atom. The molecular weight excluding hydrogens is 498 g/mol. The van der Waals surface area contributed by atoms with Gasteiger partial charge in [-0.3, -0.25) is 9.10 Å². The lowest BCUT2D eigenvalue weighted by molar-refractivity contribution is -0.119. The standard InChI is InChI=1S/C26H29N3O7S/c1-18-6-8-19(9-7-18)16-27-28-26(30)17-29(22-14-20(33-2)10-12-23(22)34-3)37(31,32)21-11-13-24(35-4)25(15-21)36-5/h6-16H,17H2,1-5H3,(H,28,30)/b27-16-. The monoisotopic (exact) mass is 527 g/mol. The van der Waals surface area contributed by atoms with E-state index in [1.807, 2.05) is 31.2 Å². The molecule has 0 unspecified atom stereocenters. The molecule has 0 fully saturated rings. The third kappa shape index (κ3) is 6.50. The maximum atomic E-state index is 13.8. The molecular formula is C26H29N3O7S. The predicted molar refractivity (Wildman–Crippen MR) is 141 cm³/mol. The first kappa shape index (κ1) is 27.3. The van der Waals surface area contributed by atoms with Crippen LogP contribution in [0.4, 0.5) is 5.69 Å². The van der Waals surface area contributed by atoms with Crippen LogP contribution in [0.25, 0.3) is 0 Å². The van der Waals surface area contributed by atoms with E-state index in [2.05, 4.69) is 10.5 Å². The van der Waals surface area contributed by atoms with Crippen LogP contribution < -0.4 is 28.7 Å². The second-order valence-corrected chi connectivity index (χ2v) is 9.63. The van der Waals surface area contributed by atoms with E-state index in [4.69, 9.17) is 18.9 Å². The lowest BCUT2D eigenvalue weighted by Gasteiger charge is -2.26. The number of benzene rings is 3. The van der Waals surface area contributed by atoms with Crippen molar-refractivity contribution in [2.24, 2.45) is 5.10 Å². The van der Waals surface area contributed by atoms with Gasteiger partial charge in [0.25, 0.3) is 15.9 Å². The van der Waals surface area contributed by atoms with Crippen molar-refractivity contribution in [1.29, 1.82) is 0 Å². The van der Waals surface area contributed by atoms with Gasteiger partial charge in [0.15, 0.2) is 11.5 Å². The van der Waals surface area contributed by atoms with Crippen molar-refractivity contribution >= 4 is 27.8 Å². The van der Waals surface area contributed by atoms with Gasteiger partial charge in [0.1, 0.15) is 18.0 Å². The first-order valence-corrected chi connectivity index (χ1v) is 12.5. The molecule has 3 aromatic carbocycles. The number of hydrazone groups is 1. The average molecular weight is 528 g/mol. The highest BCUT2D eigenvalue weighted by Gasteiger charge is 2.31. The molecule has 11 heteroatoms. The lowest BCUT2D eigenvalue weighted by atomic mass is 10.2. The first-order chi connectivity index (χ1) is 17.7. The summed E-state index contributed by atoms with van der Waals surface area (Å²) in [6.45, 7) is 1.37. The predicted octanol–water partition coefficient (Wildman–Crippen LogP) is 3.38. The molecule has 10 nitrogen and oxygen atoms in total. The normalized spacial score (nSPS) is 11.2. The molecule has 0 aliphatic heterocycles. The molecule has 196 valence electrons. The first-order valence-electron chi connectivity index (χ1n) is 11.1. The maximum Gasteiger partial charge on any atom is 0.265 e. The Morgan fingerprint density at radius 1 is 0.865 bits per heavy atom. The average Bonchev–Trinajstić information content (AvgIpc) is 2.91. The summed E-state index contributed by atoms with van der Waals surface area (Å²) in [6.07, 6.45) is 1.47. The zero-order valence-corrected chi connectivity index (χ0v) is 22.0. The minimum absolute atomic E-state index is 0.106. The van der Waals surface area contributed by atoms with E-state index in [9.17, 15) is 13.2 Å². The number of aryl methyl sites for hydroxylation is 1. The summed E-state index contributed by atoms with van der Waals surface area (Å²) in [7, 11) is 1.40. The van der Waals surface area contributed by atoms with E-state index in [-0.39, 0.29) is 22.1 Å².